The lowest BCUT2D eigenvalue weighted by Crippen LogP contribution is -2.39. The maximum Gasteiger partial charge on any atom is 0.351 e. The Kier molecular flexibility index (Phi) is 3.27. The summed E-state index contributed by atoms with van der Waals surface area (Å²) >= 11 is -1.91. The normalized spacial score (nSPS) is 36.2. The van der Waals surface area contributed by atoms with Crippen LogP contribution in [0.2, 0.25) is 0 Å². The first-order valence-corrected chi connectivity index (χ1v) is 6.72. The van der Waals surface area contributed by atoms with Crippen molar-refractivity contribution in [3.8, 4) is 6.07 Å². The lowest BCUT2D eigenvalue weighted by molar-refractivity contribution is -0.0512. The topological polar surface area (TPSA) is 129 Å². The molecule has 0 bridgehead atoms. The maximum atomic E-state index is 11.8. The van der Waals surface area contributed by atoms with Crippen LogP contribution < -0.4 is 11.4 Å². The van der Waals surface area contributed by atoms with Crippen molar-refractivity contribution in [3.05, 3.63) is 22.7 Å². The molecule has 0 aromatic carbocycles. The van der Waals surface area contributed by atoms with Gasteiger partial charge >= 0.3 is 17.1 Å². The minimum atomic E-state index is -1.91. The maximum absolute atomic E-state index is 11.8. The van der Waals surface area contributed by atoms with Gasteiger partial charge < -0.3 is 10.5 Å². The van der Waals surface area contributed by atoms with Gasteiger partial charge in [-0.1, -0.05) is 0 Å². The van der Waals surface area contributed by atoms with Crippen molar-refractivity contribution < 1.29 is 17.3 Å². The van der Waals surface area contributed by atoms with Gasteiger partial charge in [-0.3, -0.25) is 12.9 Å². The Morgan fingerprint density at radius 2 is 2.40 bits per heavy atom. The fourth-order valence-electron chi connectivity index (χ4n) is 2.23. The predicted octanol–water partition coefficient (Wildman–Crippen LogP) is -1.14. The molecular formula is C10H10N4O5S. The zero-order valence-corrected chi connectivity index (χ0v) is 10.9. The molecule has 10 heteroatoms. The molecule has 0 spiro atoms. The number of anilines is 1. The van der Waals surface area contributed by atoms with Crippen LogP contribution in [0.5, 0.6) is 0 Å². The number of nitrogens with two attached hydrogens (primary N) is 1. The van der Waals surface area contributed by atoms with Gasteiger partial charge in [0.2, 0.25) is 0 Å². The van der Waals surface area contributed by atoms with Crippen LogP contribution in [0, 0.1) is 17.2 Å². The molecular weight excluding hydrogens is 288 g/mol. The van der Waals surface area contributed by atoms with E-state index in [1.807, 2.05) is 6.07 Å². The summed E-state index contributed by atoms with van der Waals surface area (Å²) in [4.78, 5) is 15.4. The van der Waals surface area contributed by atoms with Gasteiger partial charge in [-0.25, -0.2) is 4.79 Å². The molecule has 1 aromatic rings. The van der Waals surface area contributed by atoms with Gasteiger partial charge in [-0.05, 0) is 6.07 Å². The molecule has 3 rings (SSSR count). The Labute approximate surface area is 115 Å². The summed E-state index contributed by atoms with van der Waals surface area (Å²) < 4.78 is 27.9. The predicted molar refractivity (Wildman–Crippen MR) is 64.9 cm³/mol. The van der Waals surface area contributed by atoms with E-state index in [9.17, 15) is 14.3 Å². The van der Waals surface area contributed by atoms with Gasteiger partial charge in [0.15, 0.2) is 6.23 Å². The summed E-state index contributed by atoms with van der Waals surface area (Å²) in [5, 5.41) is 9.26. The number of nitrogens with zero attached hydrogens (tertiary/aromatic N) is 3. The largest absolute Gasteiger partial charge is 0.383 e. The van der Waals surface area contributed by atoms with E-state index in [0.717, 1.165) is 4.57 Å². The first kappa shape index (κ1) is 13.2. The second-order valence-electron chi connectivity index (χ2n) is 4.31. The lowest BCUT2D eigenvalue weighted by Gasteiger charge is -2.22. The monoisotopic (exact) mass is 298 g/mol. The van der Waals surface area contributed by atoms with Crippen LogP contribution in [0.25, 0.3) is 0 Å². The van der Waals surface area contributed by atoms with Gasteiger partial charge in [0.25, 0.3) is 0 Å². The van der Waals surface area contributed by atoms with E-state index in [0.29, 0.717) is 0 Å². The number of ether oxygens (including phenoxy) is 1. The number of nitriles is 1. The molecule has 0 saturated carbocycles. The zero-order valence-electron chi connectivity index (χ0n) is 10.0. The molecule has 0 amide bonds. The van der Waals surface area contributed by atoms with Crippen molar-refractivity contribution in [1.29, 1.82) is 5.26 Å². The molecule has 0 aliphatic carbocycles. The highest BCUT2D eigenvalue weighted by atomic mass is 32.2. The molecule has 1 aromatic heterocycles. The second-order valence-corrected chi connectivity index (χ2v) is 5.15. The SMILES string of the molecule is N#C[C@H]1[C@@H]2OS(=O)OC[C@H]2O[C@H]1n1ccc(N)nc1=O. The lowest BCUT2D eigenvalue weighted by atomic mass is 10.0. The molecule has 20 heavy (non-hydrogen) atoms. The molecule has 0 radical (unpaired) electrons. The van der Waals surface area contributed by atoms with E-state index in [1.165, 1.54) is 12.3 Å². The van der Waals surface area contributed by atoms with Crippen LogP contribution in [-0.4, -0.2) is 32.6 Å². The molecule has 2 saturated heterocycles. The van der Waals surface area contributed by atoms with Crippen LogP contribution in [-0.2, 0) is 24.5 Å². The molecule has 2 aliphatic heterocycles. The average molecular weight is 298 g/mol. The first-order chi connectivity index (χ1) is 9.60. The van der Waals surface area contributed by atoms with E-state index in [4.69, 9.17) is 18.8 Å². The summed E-state index contributed by atoms with van der Waals surface area (Å²) in [7, 11) is 0. The van der Waals surface area contributed by atoms with E-state index >= 15 is 0 Å². The molecule has 3 heterocycles. The van der Waals surface area contributed by atoms with Gasteiger partial charge in [0.1, 0.15) is 23.9 Å². The summed E-state index contributed by atoms with van der Waals surface area (Å²) in [5.41, 5.74) is 4.78. The van der Waals surface area contributed by atoms with Gasteiger partial charge in [-0.15, -0.1) is 0 Å². The Morgan fingerprint density at radius 3 is 3.10 bits per heavy atom. The number of nitrogen functional groups attached to an aromatic ring is 1. The number of fused-ring (bicyclic) bond motifs is 1. The van der Waals surface area contributed by atoms with Crippen LogP contribution in [0.1, 0.15) is 6.23 Å². The summed E-state index contributed by atoms with van der Waals surface area (Å²) in [6, 6.07) is 3.44. The summed E-state index contributed by atoms with van der Waals surface area (Å²) in [6.45, 7) is 0.0309. The molecule has 2 aliphatic rings. The van der Waals surface area contributed by atoms with Crippen LogP contribution >= 0.6 is 0 Å². The number of hydrogen-bond acceptors (Lipinski definition) is 8. The third-order valence-corrected chi connectivity index (χ3v) is 3.84. The van der Waals surface area contributed by atoms with Crippen molar-refractivity contribution in [3.63, 3.8) is 0 Å². The third kappa shape index (κ3) is 2.10. The van der Waals surface area contributed by atoms with E-state index < -0.39 is 41.4 Å². The average Bonchev–Trinajstić information content (AvgIpc) is 2.76. The summed E-state index contributed by atoms with van der Waals surface area (Å²) in [5.74, 6) is -0.716. The van der Waals surface area contributed by atoms with Crippen molar-refractivity contribution in [1.82, 2.24) is 9.55 Å². The minimum absolute atomic E-state index is 0.0309. The van der Waals surface area contributed by atoms with Gasteiger partial charge in [0.05, 0.1) is 12.7 Å². The summed E-state index contributed by atoms with van der Waals surface area (Å²) in [6.07, 6.45) is -0.764. The fourth-order valence-corrected chi connectivity index (χ4v) is 2.95. The zero-order chi connectivity index (χ0) is 14.3. The first-order valence-electron chi connectivity index (χ1n) is 5.72. The van der Waals surface area contributed by atoms with Crippen molar-refractivity contribution >= 4 is 17.2 Å². The molecule has 2 N–H and O–H groups in total. The number of aromatic nitrogens is 2. The highest BCUT2D eigenvalue weighted by molar-refractivity contribution is 7.75. The fraction of sp³-hybridized carbons (Fsp3) is 0.500. The van der Waals surface area contributed by atoms with Crippen molar-refractivity contribution in [2.24, 2.45) is 5.92 Å². The standard InChI is InChI=1S/C10H10N4O5S/c11-3-5-8-6(4-17-20(16)19-8)18-9(5)14-2-1-7(12)13-10(14)15/h1-2,5-6,8-9H,4H2,(H2,12,13,15)/t5-,6+,8-,9+,20?/m0/s1. The Bertz CT molecular complexity index is 656. The van der Waals surface area contributed by atoms with Crippen LogP contribution in [0.4, 0.5) is 5.82 Å². The van der Waals surface area contributed by atoms with Gasteiger partial charge in [-0.2, -0.15) is 14.5 Å². The Morgan fingerprint density at radius 1 is 1.60 bits per heavy atom. The van der Waals surface area contributed by atoms with Crippen molar-refractivity contribution in [2.75, 3.05) is 12.3 Å². The Balaban J connectivity index is 1.96. The molecule has 106 valence electrons. The number of hydrogen-bond donors (Lipinski definition) is 1. The highest BCUT2D eigenvalue weighted by Gasteiger charge is 2.50. The van der Waals surface area contributed by atoms with E-state index in [2.05, 4.69) is 4.98 Å². The Hall–Kier alpha value is -1.80. The molecule has 5 atom stereocenters. The quantitative estimate of drug-likeness (QED) is 0.688. The number of rotatable bonds is 1. The van der Waals surface area contributed by atoms with E-state index in [1.54, 1.807) is 0 Å². The third-order valence-electron chi connectivity index (χ3n) is 3.13. The second kappa shape index (κ2) is 4.95. The van der Waals surface area contributed by atoms with Crippen LogP contribution in [0.3, 0.4) is 0 Å². The van der Waals surface area contributed by atoms with Gasteiger partial charge in [0, 0.05) is 6.20 Å². The molecule has 2 fully saturated rings. The molecule has 9 nitrogen and oxygen atoms in total. The smallest absolute Gasteiger partial charge is 0.351 e. The molecule has 1 unspecified atom stereocenters. The van der Waals surface area contributed by atoms with Crippen LogP contribution in [0.15, 0.2) is 17.1 Å². The van der Waals surface area contributed by atoms with Crippen molar-refractivity contribution in [2.45, 2.75) is 18.4 Å². The minimum Gasteiger partial charge on any atom is -0.383 e. The van der Waals surface area contributed by atoms with E-state index in [-0.39, 0.29) is 12.4 Å². The highest BCUT2D eigenvalue weighted by Crippen LogP contribution is 2.38.